The average Bonchev–Trinajstić information content (AvgIpc) is 2.44. The maximum Gasteiger partial charge on any atom is 0.241 e. The highest BCUT2D eigenvalue weighted by molar-refractivity contribution is 5.97. The molecule has 0 aromatic heterocycles. The molecule has 0 aliphatic carbocycles. The van der Waals surface area contributed by atoms with Crippen LogP contribution in [-0.2, 0) is 9.59 Å². The van der Waals surface area contributed by atoms with E-state index in [2.05, 4.69) is 5.32 Å². The van der Waals surface area contributed by atoms with Gasteiger partial charge in [0.1, 0.15) is 5.82 Å². The number of amides is 2. The number of halogens is 1. The molecule has 7 heteroatoms. The van der Waals surface area contributed by atoms with E-state index < -0.39 is 11.9 Å². The molecule has 1 atom stereocenters. The van der Waals surface area contributed by atoms with Gasteiger partial charge in [0.05, 0.1) is 24.0 Å². The Morgan fingerprint density at radius 3 is 2.76 bits per heavy atom. The quantitative estimate of drug-likeness (QED) is 0.796. The number of anilines is 2. The first-order valence-corrected chi connectivity index (χ1v) is 6.72. The van der Waals surface area contributed by atoms with Crippen LogP contribution in [0.1, 0.15) is 6.92 Å². The van der Waals surface area contributed by atoms with Gasteiger partial charge in [0.25, 0.3) is 0 Å². The van der Waals surface area contributed by atoms with Crippen LogP contribution in [0.2, 0.25) is 0 Å². The molecule has 2 amide bonds. The van der Waals surface area contributed by atoms with E-state index in [1.807, 2.05) is 0 Å². The van der Waals surface area contributed by atoms with Crippen LogP contribution in [0.5, 0.6) is 0 Å². The van der Waals surface area contributed by atoms with E-state index in [1.165, 1.54) is 12.1 Å². The van der Waals surface area contributed by atoms with Crippen LogP contribution in [-0.4, -0.2) is 54.3 Å². The molecule has 6 nitrogen and oxygen atoms in total. The van der Waals surface area contributed by atoms with E-state index in [4.69, 9.17) is 5.73 Å². The number of nitrogen functional groups attached to an aromatic ring is 1. The highest BCUT2D eigenvalue weighted by Crippen LogP contribution is 2.20. The van der Waals surface area contributed by atoms with Crippen molar-refractivity contribution in [2.75, 3.05) is 37.7 Å². The lowest BCUT2D eigenvalue weighted by atomic mass is 10.2. The monoisotopic (exact) mass is 294 g/mol. The Bertz CT molecular complexity index is 564. The van der Waals surface area contributed by atoms with Crippen LogP contribution in [0, 0.1) is 5.82 Å². The van der Waals surface area contributed by atoms with Gasteiger partial charge >= 0.3 is 0 Å². The maximum atomic E-state index is 13.0. The van der Waals surface area contributed by atoms with E-state index in [-0.39, 0.29) is 24.0 Å². The Kier molecular flexibility index (Phi) is 4.42. The topological polar surface area (TPSA) is 78.7 Å². The SMILES string of the molecule is CC(C(=O)Nc1ccc(F)cc1N)N1CCN(C)C(=O)C1. The fourth-order valence-electron chi connectivity index (χ4n) is 2.16. The number of nitrogens with one attached hydrogen (secondary N) is 1. The molecule has 1 aliphatic rings. The first kappa shape index (κ1) is 15.2. The van der Waals surface area contributed by atoms with Gasteiger partial charge in [-0.3, -0.25) is 14.5 Å². The number of carbonyl (C=O) groups is 2. The Hall–Kier alpha value is -2.15. The number of rotatable bonds is 3. The van der Waals surface area contributed by atoms with E-state index in [0.29, 0.717) is 18.8 Å². The number of piperazine rings is 1. The van der Waals surface area contributed by atoms with Gasteiger partial charge in [0, 0.05) is 20.1 Å². The highest BCUT2D eigenvalue weighted by Gasteiger charge is 2.28. The first-order chi connectivity index (χ1) is 9.88. The number of hydrogen-bond acceptors (Lipinski definition) is 4. The van der Waals surface area contributed by atoms with Gasteiger partial charge in [-0.25, -0.2) is 4.39 Å². The van der Waals surface area contributed by atoms with Crippen LogP contribution in [0.25, 0.3) is 0 Å². The molecule has 0 bridgehead atoms. The molecule has 1 aromatic rings. The number of nitrogens with zero attached hydrogens (tertiary/aromatic N) is 2. The number of nitrogens with two attached hydrogens (primary N) is 1. The predicted octanol–water partition coefficient (Wildman–Crippen LogP) is 0.509. The van der Waals surface area contributed by atoms with E-state index in [9.17, 15) is 14.0 Å². The minimum absolute atomic E-state index is 0.0119. The molecular weight excluding hydrogens is 275 g/mol. The van der Waals surface area contributed by atoms with Gasteiger partial charge < -0.3 is 16.0 Å². The fraction of sp³-hybridized carbons (Fsp3) is 0.429. The molecule has 21 heavy (non-hydrogen) atoms. The molecule has 114 valence electrons. The lowest BCUT2D eigenvalue weighted by Gasteiger charge is -2.35. The minimum atomic E-state index is -0.466. The largest absolute Gasteiger partial charge is 0.397 e. The van der Waals surface area contributed by atoms with Gasteiger partial charge in [-0.1, -0.05) is 0 Å². The van der Waals surface area contributed by atoms with Crippen molar-refractivity contribution in [3.63, 3.8) is 0 Å². The second kappa shape index (κ2) is 6.09. The summed E-state index contributed by atoms with van der Waals surface area (Å²) in [6, 6.07) is 3.34. The van der Waals surface area contributed by atoms with Gasteiger partial charge in [-0.15, -0.1) is 0 Å². The van der Waals surface area contributed by atoms with Crippen LogP contribution >= 0.6 is 0 Å². The van der Waals surface area contributed by atoms with Crippen LogP contribution in [0.3, 0.4) is 0 Å². The zero-order chi connectivity index (χ0) is 15.6. The molecule has 0 radical (unpaired) electrons. The summed E-state index contributed by atoms with van der Waals surface area (Å²) >= 11 is 0. The van der Waals surface area contributed by atoms with Crippen molar-refractivity contribution < 1.29 is 14.0 Å². The lowest BCUT2D eigenvalue weighted by molar-refractivity contribution is -0.136. The number of likely N-dealkylation sites (N-methyl/N-ethyl adjacent to an activating group) is 1. The Balaban J connectivity index is 2.01. The van der Waals surface area contributed by atoms with Gasteiger partial charge in [0.2, 0.25) is 11.8 Å². The summed E-state index contributed by atoms with van der Waals surface area (Å²) in [7, 11) is 1.74. The van der Waals surface area contributed by atoms with Crippen LogP contribution < -0.4 is 11.1 Å². The van der Waals surface area contributed by atoms with Crippen molar-refractivity contribution in [3.05, 3.63) is 24.0 Å². The maximum absolute atomic E-state index is 13.0. The lowest BCUT2D eigenvalue weighted by Crippen LogP contribution is -2.54. The molecule has 1 heterocycles. The van der Waals surface area contributed by atoms with Crippen molar-refractivity contribution in [3.8, 4) is 0 Å². The normalized spacial score (nSPS) is 17.7. The Morgan fingerprint density at radius 2 is 2.14 bits per heavy atom. The summed E-state index contributed by atoms with van der Waals surface area (Å²) in [5.74, 6) is -0.740. The molecule has 1 unspecified atom stereocenters. The summed E-state index contributed by atoms with van der Waals surface area (Å²) in [4.78, 5) is 27.3. The summed E-state index contributed by atoms with van der Waals surface area (Å²) in [6.07, 6.45) is 0. The summed E-state index contributed by atoms with van der Waals surface area (Å²) in [5.41, 5.74) is 6.20. The zero-order valence-corrected chi connectivity index (χ0v) is 12.1. The third-order valence-electron chi connectivity index (χ3n) is 3.69. The highest BCUT2D eigenvalue weighted by atomic mass is 19.1. The predicted molar refractivity (Wildman–Crippen MR) is 78.1 cm³/mol. The number of benzene rings is 1. The molecule has 1 aliphatic heterocycles. The Morgan fingerprint density at radius 1 is 1.43 bits per heavy atom. The van der Waals surface area contributed by atoms with Crippen LogP contribution in [0.4, 0.5) is 15.8 Å². The third-order valence-corrected chi connectivity index (χ3v) is 3.69. The van der Waals surface area contributed by atoms with Crippen molar-refractivity contribution in [2.24, 2.45) is 0 Å². The van der Waals surface area contributed by atoms with Gasteiger partial charge in [-0.05, 0) is 25.1 Å². The molecule has 0 saturated carbocycles. The molecular formula is C14H19FN4O2. The fourth-order valence-corrected chi connectivity index (χ4v) is 2.16. The average molecular weight is 294 g/mol. The molecule has 0 spiro atoms. The van der Waals surface area contributed by atoms with Crippen LogP contribution in [0.15, 0.2) is 18.2 Å². The standard InChI is InChI=1S/C14H19FN4O2/c1-9(19-6-5-18(2)13(20)8-19)14(21)17-12-4-3-10(15)7-11(12)16/h3-4,7,9H,5-6,8,16H2,1-2H3,(H,17,21). The minimum Gasteiger partial charge on any atom is -0.397 e. The number of carbonyl (C=O) groups excluding carboxylic acids is 2. The molecule has 2 rings (SSSR count). The van der Waals surface area contributed by atoms with Gasteiger partial charge in [0.15, 0.2) is 0 Å². The van der Waals surface area contributed by atoms with Crippen molar-refractivity contribution >= 4 is 23.2 Å². The summed E-state index contributed by atoms with van der Waals surface area (Å²) < 4.78 is 13.0. The second-order valence-corrected chi connectivity index (χ2v) is 5.18. The summed E-state index contributed by atoms with van der Waals surface area (Å²) in [6.45, 7) is 3.17. The van der Waals surface area contributed by atoms with Crippen molar-refractivity contribution in [1.29, 1.82) is 0 Å². The second-order valence-electron chi connectivity index (χ2n) is 5.18. The molecule has 3 N–H and O–H groups in total. The van der Waals surface area contributed by atoms with E-state index in [1.54, 1.807) is 23.8 Å². The van der Waals surface area contributed by atoms with E-state index >= 15 is 0 Å². The number of hydrogen-bond donors (Lipinski definition) is 2. The third kappa shape index (κ3) is 3.49. The van der Waals surface area contributed by atoms with Crippen molar-refractivity contribution in [2.45, 2.75) is 13.0 Å². The smallest absolute Gasteiger partial charge is 0.241 e. The zero-order valence-electron chi connectivity index (χ0n) is 12.1. The first-order valence-electron chi connectivity index (χ1n) is 6.72. The van der Waals surface area contributed by atoms with Gasteiger partial charge in [-0.2, -0.15) is 0 Å². The molecule has 1 fully saturated rings. The summed E-state index contributed by atoms with van der Waals surface area (Å²) in [5, 5.41) is 2.66. The van der Waals surface area contributed by atoms with Crippen molar-refractivity contribution in [1.82, 2.24) is 9.80 Å². The molecule has 1 saturated heterocycles. The van der Waals surface area contributed by atoms with E-state index in [0.717, 1.165) is 6.07 Å². The Labute approximate surface area is 122 Å². The molecule has 1 aromatic carbocycles.